The minimum absolute atomic E-state index is 0.101. The molecule has 6 nitrogen and oxygen atoms in total. The van der Waals surface area contributed by atoms with Crippen molar-refractivity contribution in [2.75, 3.05) is 19.7 Å². The Bertz CT molecular complexity index is 743. The predicted molar refractivity (Wildman–Crippen MR) is 109 cm³/mol. The number of amides is 1. The molecule has 2 aromatic rings. The van der Waals surface area contributed by atoms with Gasteiger partial charge in [0.15, 0.2) is 0 Å². The molecule has 0 aliphatic carbocycles. The van der Waals surface area contributed by atoms with Crippen LogP contribution in [0.15, 0.2) is 42.6 Å². The maximum absolute atomic E-state index is 12.1. The zero-order chi connectivity index (χ0) is 19.6. The van der Waals surface area contributed by atoms with Crippen molar-refractivity contribution < 1.29 is 14.3 Å². The van der Waals surface area contributed by atoms with Crippen LogP contribution in [0.4, 0.5) is 0 Å². The minimum atomic E-state index is 0.101. The van der Waals surface area contributed by atoms with Gasteiger partial charge in [-0.3, -0.25) is 4.79 Å². The quantitative estimate of drug-likeness (QED) is 0.691. The summed E-state index contributed by atoms with van der Waals surface area (Å²) in [6.45, 7) is 5.20. The second-order valence-corrected chi connectivity index (χ2v) is 7.02. The first-order chi connectivity index (χ1) is 13.7. The van der Waals surface area contributed by atoms with Gasteiger partial charge in [0.1, 0.15) is 11.5 Å². The molecular formula is C22H29N3O3. The molecule has 1 aliphatic heterocycles. The van der Waals surface area contributed by atoms with Crippen LogP contribution in [0.1, 0.15) is 38.2 Å². The Kier molecular flexibility index (Phi) is 7.67. The largest absolute Gasteiger partial charge is 0.494 e. The summed E-state index contributed by atoms with van der Waals surface area (Å²) in [7, 11) is 0. The van der Waals surface area contributed by atoms with Crippen LogP contribution in [0.5, 0.6) is 17.4 Å². The van der Waals surface area contributed by atoms with Crippen LogP contribution in [-0.2, 0) is 11.3 Å². The van der Waals surface area contributed by atoms with E-state index in [1.54, 1.807) is 6.20 Å². The number of ether oxygens (including phenoxy) is 2. The Morgan fingerprint density at radius 1 is 1.18 bits per heavy atom. The molecule has 2 heterocycles. The third-order valence-electron chi connectivity index (χ3n) is 4.88. The third kappa shape index (κ3) is 6.53. The van der Waals surface area contributed by atoms with Gasteiger partial charge in [-0.25, -0.2) is 4.98 Å². The number of nitrogens with zero attached hydrogens (tertiary/aromatic N) is 1. The molecule has 2 N–H and O–H groups in total. The van der Waals surface area contributed by atoms with Crippen molar-refractivity contribution >= 4 is 5.91 Å². The molecule has 1 aliphatic rings. The Morgan fingerprint density at radius 3 is 2.68 bits per heavy atom. The van der Waals surface area contributed by atoms with Gasteiger partial charge in [0.2, 0.25) is 11.8 Å². The molecule has 28 heavy (non-hydrogen) atoms. The van der Waals surface area contributed by atoms with Crippen LogP contribution in [0, 0.1) is 5.92 Å². The second kappa shape index (κ2) is 10.7. The first-order valence-electron chi connectivity index (χ1n) is 10.1. The average molecular weight is 383 g/mol. The van der Waals surface area contributed by atoms with Crippen molar-refractivity contribution in [3.05, 3.63) is 48.2 Å². The molecule has 150 valence electrons. The van der Waals surface area contributed by atoms with Crippen LogP contribution >= 0.6 is 0 Å². The van der Waals surface area contributed by atoms with E-state index >= 15 is 0 Å². The Balaban J connectivity index is 1.45. The maximum atomic E-state index is 12.1. The van der Waals surface area contributed by atoms with Crippen molar-refractivity contribution in [2.24, 2.45) is 5.92 Å². The monoisotopic (exact) mass is 383 g/mol. The van der Waals surface area contributed by atoms with Gasteiger partial charge >= 0.3 is 0 Å². The topological polar surface area (TPSA) is 72.5 Å². The van der Waals surface area contributed by atoms with Crippen molar-refractivity contribution in [1.82, 2.24) is 15.6 Å². The second-order valence-electron chi connectivity index (χ2n) is 7.02. The van der Waals surface area contributed by atoms with Gasteiger partial charge in [-0.05, 0) is 81.1 Å². The van der Waals surface area contributed by atoms with Gasteiger partial charge in [0, 0.05) is 25.2 Å². The molecule has 0 spiro atoms. The summed E-state index contributed by atoms with van der Waals surface area (Å²) in [6, 6.07) is 11.2. The number of carbonyl (C=O) groups is 1. The Morgan fingerprint density at radius 2 is 1.93 bits per heavy atom. The summed E-state index contributed by atoms with van der Waals surface area (Å²) in [4.78, 5) is 16.4. The standard InChI is InChI=1S/C22H29N3O3/c1-2-27-19-4-6-20(7-5-19)28-22-15-18(11-14-24-22)16-25-21(26)8-3-17-9-12-23-13-10-17/h4-7,11,14-15,17,23H,2-3,8-10,12-13,16H2,1H3,(H,25,26). The summed E-state index contributed by atoms with van der Waals surface area (Å²) in [5.41, 5.74) is 0.964. The molecule has 1 saturated heterocycles. The van der Waals surface area contributed by atoms with E-state index in [0.717, 1.165) is 30.8 Å². The highest BCUT2D eigenvalue weighted by molar-refractivity contribution is 5.75. The molecule has 1 aromatic heterocycles. The molecule has 1 amide bonds. The molecule has 1 aromatic carbocycles. The summed E-state index contributed by atoms with van der Waals surface area (Å²) >= 11 is 0. The summed E-state index contributed by atoms with van der Waals surface area (Å²) in [6.07, 6.45) is 5.59. The van der Waals surface area contributed by atoms with E-state index in [0.29, 0.717) is 37.1 Å². The van der Waals surface area contributed by atoms with Crippen LogP contribution in [0.25, 0.3) is 0 Å². The van der Waals surface area contributed by atoms with Crippen LogP contribution < -0.4 is 20.1 Å². The SMILES string of the molecule is CCOc1ccc(Oc2cc(CNC(=O)CCC3CCNCC3)ccn2)cc1. The molecule has 3 rings (SSSR count). The molecule has 0 saturated carbocycles. The summed E-state index contributed by atoms with van der Waals surface area (Å²) in [5.74, 6) is 2.78. The number of piperidine rings is 1. The fourth-order valence-electron chi connectivity index (χ4n) is 3.30. The minimum Gasteiger partial charge on any atom is -0.494 e. The van der Waals surface area contributed by atoms with Gasteiger partial charge in [0.25, 0.3) is 0 Å². The first kappa shape index (κ1) is 20.1. The van der Waals surface area contributed by atoms with Crippen LogP contribution in [0.3, 0.4) is 0 Å². The van der Waals surface area contributed by atoms with Crippen LogP contribution in [0.2, 0.25) is 0 Å². The van der Waals surface area contributed by atoms with E-state index in [1.807, 2.05) is 43.3 Å². The van der Waals surface area contributed by atoms with E-state index in [4.69, 9.17) is 9.47 Å². The van der Waals surface area contributed by atoms with Gasteiger partial charge in [-0.15, -0.1) is 0 Å². The highest BCUT2D eigenvalue weighted by Gasteiger charge is 2.14. The molecule has 0 bridgehead atoms. The van der Waals surface area contributed by atoms with Crippen molar-refractivity contribution in [2.45, 2.75) is 39.2 Å². The number of rotatable bonds is 9. The third-order valence-corrected chi connectivity index (χ3v) is 4.88. The Hall–Kier alpha value is -2.60. The lowest BCUT2D eigenvalue weighted by molar-refractivity contribution is -0.121. The maximum Gasteiger partial charge on any atom is 0.220 e. The Labute approximate surface area is 166 Å². The molecular weight excluding hydrogens is 354 g/mol. The lowest BCUT2D eigenvalue weighted by Crippen LogP contribution is -2.29. The zero-order valence-electron chi connectivity index (χ0n) is 16.4. The highest BCUT2D eigenvalue weighted by Crippen LogP contribution is 2.23. The highest BCUT2D eigenvalue weighted by atomic mass is 16.5. The van der Waals surface area contributed by atoms with Gasteiger partial charge in [-0.2, -0.15) is 0 Å². The fraction of sp³-hybridized carbons (Fsp3) is 0.455. The lowest BCUT2D eigenvalue weighted by Gasteiger charge is -2.22. The lowest BCUT2D eigenvalue weighted by atomic mass is 9.93. The normalized spacial score (nSPS) is 14.5. The molecule has 1 fully saturated rings. The van der Waals surface area contributed by atoms with E-state index in [2.05, 4.69) is 15.6 Å². The molecule has 6 heteroatoms. The van der Waals surface area contributed by atoms with Crippen molar-refractivity contribution in [1.29, 1.82) is 0 Å². The number of hydrogen-bond acceptors (Lipinski definition) is 5. The average Bonchev–Trinajstić information content (AvgIpc) is 2.73. The van der Waals surface area contributed by atoms with Gasteiger partial charge < -0.3 is 20.1 Å². The number of aromatic nitrogens is 1. The smallest absolute Gasteiger partial charge is 0.220 e. The molecule has 0 atom stereocenters. The summed E-state index contributed by atoms with van der Waals surface area (Å²) in [5, 5.41) is 6.35. The predicted octanol–water partition coefficient (Wildman–Crippen LogP) is 3.67. The number of carbonyl (C=O) groups excluding carboxylic acids is 1. The zero-order valence-corrected chi connectivity index (χ0v) is 16.4. The van der Waals surface area contributed by atoms with E-state index in [9.17, 15) is 4.79 Å². The summed E-state index contributed by atoms with van der Waals surface area (Å²) < 4.78 is 11.2. The number of benzene rings is 1. The van der Waals surface area contributed by atoms with E-state index in [-0.39, 0.29) is 5.91 Å². The van der Waals surface area contributed by atoms with Crippen LogP contribution in [-0.4, -0.2) is 30.6 Å². The number of pyridine rings is 1. The molecule has 0 unspecified atom stereocenters. The molecule has 0 radical (unpaired) electrons. The van der Waals surface area contributed by atoms with Crippen molar-refractivity contribution in [3.63, 3.8) is 0 Å². The number of hydrogen-bond donors (Lipinski definition) is 2. The van der Waals surface area contributed by atoms with Crippen molar-refractivity contribution in [3.8, 4) is 17.4 Å². The first-order valence-corrected chi connectivity index (χ1v) is 10.1. The van der Waals surface area contributed by atoms with E-state index in [1.165, 1.54) is 12.8 Å². The van der Waals surface area contributed by atoms with Gasteiger partial charge in [-0.1, -0.05) is 0 Å². The fourth-order valence-corrected chi connectivity index (χ4v) is 3.30. The van der Waals surface area contributed by atoms with E-state index < -0.39 is 0 Å². The van der Waals surface area contributed by atoms with Gasteiger partial charge in [0.05, 0.1) is 6.61 Å². The number of nitrogens with one attached hydrogen (secondary N) is 2.